The zero-order chi connectivity index (χ0) is 33.6. The Bertz CT molecular complexity index is 1160. The molecule has 242 valence electrons. The summed E-state index contributed by atoms with van der Waals surface area (Å²) in [7, 11) is -26.7. The van der Waals surface area contributed by atoms with Gasteiger partial charge in [0, 0.05) is 0 Å². The normalized spacial score (nSPS) is 16.9. The van der Waals surface area contributed by atoms with E-state index >= 15 is 0 Å². The van der Waals surface area contributed by atoms with Crippen LogP contribution in [0.25, 0.3) is 0 Å². The van der Waals surface area contributed by atoms with Gasteiger partial charge in [-0.2, -0.15) is 104 Å². The number of rotatable bonds is 12. The van der Waals surface area contributed by atoms with E-state index in [4.69, 9.17) is 0 Å². The van der Waals surface area contributed by atoms with Crippen molar-refractivity contribution in [3.8, 4) is 0 Å². The zero-order valence-corrected chi connectivity index (χ0v) is 19.0. The minimum Gasteiger partial charge on any atom is -0.190 e. The molecule has 0 bridgehead atoms. The fourth-order valence-electron chi connectivity index (χ4n) is 1.93. The molecule has 0 amide bonds. The summed E-state index contributed by atoms with van der Waals surface area (Å²) in [6.07, 6.45) is 0. The molecule has 0 aliphatic heterocycles. The lowest BCUT2D eigenvalue weighted by Gasteiger charge is -2.48. The van der Waals surface area contributed by atoms with Crippen molar-refractivity contribution in [1.82, 2.24) is 4.90 Å². The molecule has 0 aromatic heterocycles. The Morgan fingerprint density at radius 3 is 0.550 bits per heavy atom. The molecule has 0 saturated carbocycles. The third-order valence-electron chi connectivity index (χ3n) is 3.99. The Morgan fingerprint density at radius 1 is 0.325 bits per heavy atom. The predicted molar refractivity (Wildman–Crippen MR) is 76.4 cm³/mol. The molecule has 0 spiro atoms. The summed E-state index contributed by atoms with van der Waals surface area (Å²) in [6, 6.07) is -28.8. The van der Waals surface area contributed by atoms with Gasteiger partial charge in [0.25, 0.3) is 0 Å². The van der Waals surface area contributed by atoms with E-state index in [0.29, 0.717) is 0 Å². The quantitative estimate of drug-likeness (QED) is 0.165. The molecule has 0 atom stereocenters. The number of hydrogen-bond acceptors (Lipinski definition) is 7. The van der Waals surface area contributed by atoms with Gasteiger partial charge in [0.2, 0.25) is 0 Å². The van der Waals surface area contributed by atoms with Gasteiger partial charge >= 0.3 is 82.3 Å². The number of alkyl halides is 18. The van der Waals surface area contributed by atoms with Crippen molar-refractivity contribution in [2.45, 2.75) is 51.7 Å². The molecule has 0 radical (unpaired) electrons. The fourth-order valence-corrected chi connectivity index (χ4v) is 3.22. The molecule has 40 heavy (non-hydrogen) atoms. The molecule has 0 rings (SSSR count). The van der Waals surface area contributed by atoms with E-state index in [1.165, 1.54) is 0 Å². The Hall–Kier alpha value is -1.66. The van der Waals surface area contributed by atoms with Crippen LogP contribution in [-0.2, 0) is 30.7 Å². The van der Waals surface area contributed by atoms with Gasteiger partial charge in [-0.25, -0.2) is 0 Å². The van der Waals surface area contributed by atoms with E-state index in [9.17, 15) is 116 Å². The van der Waals surface area contributed by atoms with E-state index in [1.807, 2.05) is 0 Å². The highest BCUT2D eigenvalue weighted by Gasteiger charge is 2.94. The maximum Gasteiger partial charge on any atom is 0.444 e. The second kappa shape index (κ2) is 9.17. The predicted octanol–water partition coefficient (Wildman–Crippen LogP) is 4.65. The first-order valence-electron chi connectivity index (χ1n) is 7.65. The van der Waals surface area contributed by atoms with Gasteiger partial charge in [0.05, 0.1) is 0 Å². The van der Waals surface area contributed by atoms with Crippen LogP contribution in [0.5, 0.6) is 0 Å². The van der Waals surface area contributed by atoms with Crippen molar-refractivity contribution in [2.24, 2.45) is 0 Å². The van der Waals surface area contributed by atoms with E-state index < -0.39 is 87.2 Å². The van der Waals surface area contributed by atoms with E-state index in [1.54, 1.807) is 0 Å². The van der Waals surface area contributed by atoms with Crippen LogP contribution in [0.3, 0.4) is 0 Å². The van der Waals surface area contributed by atoms with Crippen LogP contribution >= 0.6 is 0 Å². The minimum absolute atomic E-state index is 5.94. The maximum absolute atomic E-state index is 14.0. The first kappa shape index (κ1) is 38.3. The van der Waals surface area contributed by atoms with Gasteiger partial charge in [-0.3, -0.25) is 0 Å². The van der Waals surface area contributed by atoms with Crippen LogP contribution < -0.4 is 0 Å². The molecule has 0 aromatic carbocycles. The number of halogens is 21. The van der Waals surface area contributed by atoms with Crippen LogP contribution in [0.15, 0.2) is 0 Å². The van der Waals surface area contributed by atoms with Crippen molar-refractivity contribution in [1.29, 1.82) is 0 Å². The largest absolute Gasteiger partial charge is 0.444 e. The summed E-state index contributed by atoms with van der Waals surface area (Å²) in [5, 5.41) is -25.9. The second-order valence-electron chi connectivity index (χ2n) is 6.55. The van der Waals surface area contributed by atoms with Gasteiger partial charge < -0.3 is 0 Å². The summed E-state index contributed by atoms with van der Waals surface area (Å²) >= 11 is 0. The molecule has 0 unspecified atom stereocenters. The first-order chi connectivity index (χ1) is 16.6. The number of hydrogen-bond donors (Lipinski definition) is 0. The van der Waals surface area contributed by atoms with Crippen molar-refractivity contribution < 1.29 is 116 Å². The lowest BCUT2D eigenvalue weighted by atomic mass is 10.1. The molecular weight excluding hydrogens is 713 g/mol. The summed E-state index contributed by atoms with van der Waals surface area (Å²) in [5.41, 5.74) is 0. The Balaban J connectivity index is 8.39. The van der Waals surface area contributed by atoms with E-state index in [0.717, 1.165) is 0 Å². The second-order valence-corrected chi connectivity index (χ2v) is 10.7. The Morgan fingerprint density at radius 2 is 0.450 bits per heavy atom. The summed E-state index contributed by atoms with van der Waals surface area (Å²) in [6.45, 7) is 0. The highest BCUT2D eigenvalue weighted by atomic mass is 32.3. The summed E-state index contributed by atoms with van der Waals surface area (Å²) in [5.74, 6) is -27.7. The lowest BCUT2D eigenvalue weighted by molar-refractivity contribution is -0.495. The van der Waals surface area contributed by atoms with Gasteiger partial charge in [-0.1, -0.05) is 11.7 Å². The van der Waals surface area contributed by atoms with Crippen molar-refractivity contribution in [3.63, 3.8) is 0 Å². The van der Waals surface area contributed by atoms with Gasteiger partial charge in [-0.15, -0.1) is 4.90 Å². The molecule has 0 saturated heterocycles. The summed E-state index contributed by atoms with van der Waals surface area (Å²) < 4.78 is 341. The lowest BCUT2D eigenvalue weighted by Crippen LogP contribution is -2.80. The van der Waals surface area contributed by atoms with Crippen LogP contribution in [-0.4, -0.2) is 81.8 Å². The molecule has 0 aliphatic carbocycles. The Kier molecular flexibility index (Phi) is 8.79. The molecular formula is C9F21NO6S3. The third-order valence-corrected chi connectivity index (χ3v) is 6.60. The molecule has 0 fully saturated rings. The third kappa shape index (κ3) is 4.79. The molecule has 0 N–H and O–H groups in total. The number of nitrogens with zero attached hydrogens (tertiary/aromatic N) is 1. The molecule has 31 heteroatoms. The van der Waals surface area contributed by atoms with E-state index in [-0.39, 0.29) is 0 Å². The molecule has 0 aliphatic rings. The van der Waals surface area contributed by atoms with Crippen LogP contribution in [0, 0.1) is 0 Å². The summed E-state index contributed by atoms with van der Waals surface area (Å²) in [4.78, 5) is -5.94. The first-order valence-corrected chi connectivity index (χ1v) is 11.8. The van der Waals surface area contributed by atoms with Crippen LogP contribution in [0.2, 0.25) is 0 Å². The monoisotopic (exact) mass is 713 g/mol. The standard InChI is InChI=1S/C9F21NO6S3/c10-1(11,7(22,23)38(28,32)33)4(16,17)31(5(18,19)2(12,13)8(24,25)39(29,34)35)6(20,21)3(14,15)9(26,27)40(30,36)37. The topological polar surface area (TPSA) is 106 Å². The fraction of sp³-hybridized carbons (Fsp3) is 1.00. The highest BCUT2D eigenvalue weighted by Crippen LogP contribution is 2.63. The minimum atomic E-state index is -9.61. The molecule has 7 nitrogen and oxygen atoms in total. The van der Waals surface area contributed by atoms with Crippen molar-refractivity contribution in [2.75, 3.05) is 0 Å². The van der Waals surface area contributed by atoms with Crippen molar-refractivity contribution >= 4 is 30.7 Å². The van der Waals surface area contributed by atoms with Gasteiger partial charge in [-0.05, 0) is 0 Å². The van der Waals surface area contributed by atoms with Gasteiger partial charge in [0.1, 0.15) is 0 Å². The Labute approximate surface area is 204 Å². The average molecular weight is 713 g/mol. The van der Waals surface area contributed by atoms with Crippen LogP contribution in [0.1, 0.15) is 0 Å². The van der Waals surface area contributed by atoms with Crippen LogP contribution in [0.4, 0.5) is 90.7 Å². The average Bonchev–Trinajstić information content (AvgIpc) is 2.63. The van der Waals surface area contributed by atoms with Crippen molar-refractivity contribution in [3.05, 3.63) is 0 Å². The molecule has 0 heterocycles. The zero-order valence-electron chi connectivity index (χ0n) is 16.6. The SMILES string of the molecule is O=S(=O)(F)C(F)(F)C(F)(F)C(F)(F)N(C(F)(F)C(F)(F)C(F)(F)S(=O)(=O)F)C(F)(F)C(F)(F)C(F)(F)S(=O)(=O)F. The van der Waals surface area contributed by atoms with E-state index in [2.05, 4.69) is 0 Å². The molecule has 0 aromatic rings. The maximum atomic E-state index is 14.0. The van der Waals surface area contributed by atoms with Gasteiger partial charge in [0.15, 0.2) is 0 Å². The highest BCUT2D eigenvalue weighted by molar-refractivity contribution is 7.88. The smallest absolute Gasteiger partial charge is 0.190 e.